The third kappa shape index (κ3) is 2.47. The molecule has 0 amide bonds. The lowest BCUT2D eigenvalue weighted by molar-refractivity contribution is -0.143. The molecule has 0 atom stereocenters. The number of carbonyl (C=O) groups excluding carboxylic acids is 1. The van der Waals surface area contributed by atoms with Gasteiger partial charge in [0.1, 0.15) is 6.29 Å². The van der Waals surface area contributed by atoms with E-state index in [4.69, 9.17) is 4.74 Å². The summed E-state index contributed by atoms with van der Waals surface area (Å²) in [5, 5.41) is 9.44. The number of nitrogens with zero attached hydrogens (tertiary/aromatic N) is 1. The molecule has 0 aromatic rings. The molecular weight excluding hydrogens is 286 g/mol. The average Bonchev–Trinajstić information content (AvgIpc) is 2.47. The third-order valence-corrected chi connectivity index (χ3v) is 6.83. The second-order valence-electron chi connectivity index (χ2n) is 5.29. The topological polar surface area (TPSA) is 101 Å². The van der Waals surface area contributed by atoms with Crippen molar-refractivity contribution in [1.29, 1.82) is 0 Å². The van der Waals surface area contributed by atoms with Crippen LogP contribution in [0.4, 0.5) is 0 Å². The van der Waals surface area contributed by atoms with Crippen LogP contribution in [0.15, 0.2) is 0 Å². The Morgan fingerprint density at radius 3 is 2.25 bits per heavy atom. The van der Waals surface area contributed by atoms with Crippen molar-refractivity contribution >= 4 is 22.3 Å². The molecule has 0 aromatic carbocycles. The number of carbonyl (C=O) groups is 2. The SMILES string of the molecule is O=CC1CCN(S(=O)(=O)C2(C(=O)O)CCOCC2)CC1. The van der Waals surface area contributed by atoms with Crippen LogP contribution in [0.5, 0.6) is 0 Å². The smallest absolute Gasteiger partial charge is 0.326 e. The Bertz CT molecular complexity index is 474. The molecule has 2 saturated heterocycles. The summed E-state index contributed by atoms with van der Waals surface area (Å²) < 4.78 is 29.9. The predicted octanol–water partition coefficient (Wildman–Crippen LogP) is -0.139. The lowest BCUT2D eigenvalue weighted by Crippen LogP contribution is -2.57. The minimum atomic E-state index is -3.94. The number of hydrogen-bond acceptors (Lipinski definition) is 5. The molecule has 2 heterocycles. The number of hydrogen-bond donors (Lipinski definition) is 1. The largest absolute Gasteiger partial charge is 0.480 e. The molecule has 0 unspecified atom stereocenters. The Kier molecular flexibility index (Phi) is 4.46. The fourth-order valence-corrected chi connectivity index (χ4v) is 4.87. The van der Waals surface area contributed by atoms with Crippen molar-refractivity contribution in [3.8, 4) is 0 Å². The zero-order valence-corrected chi connectivity index (χ0v) is 12.0. The summed E-state index contributed by atoms with van der Waals surface area (Å²) in [7, 11) is -3.94. The van der Waals surface area contributed by atoms with Gasteiger partial charge in [-0.3, -0.25) is 4.79 Å². The van der Waals surface area contributed by atoms with E-state index in [0.717, 1.165) is 6.29 Å². The first-order valence-electron chi connectivity index (χ1n) is 6.70. The van der Waals surface area contributed by atoms with Crippen LogP contribution in [0.2, 0.25) is 0 Å². The Morgan fingerprint density at radius 2 is 1.80 bits per heavy atom. The number of rotatable bonds is 4. The zero-order chi connectivity index (χ0) is 14.8. The van der Waals surface area contributed by atoms with Gasteiger partial charge in [0.05, 0.1) is 0 Å². The Labute approximate surface area is 117 Å². The van der Waals surface area contributed by atoms with E-state index in [1.165, 1.54) is 4.31 Å². The van der Waals surface area contributed by atoms with Gasteiger partial charge < -0.3 is 14.6 Å². The number of carboxylic acid groups (broad SMARTS) is 1. The maximum absolute atomic E-state index is 12.7. The fourth-order valence-electron chi connectivity index (χ4n) is 2.78. The van der Waals surface area contributed by atoms with Gasteiger partial charge in [0.2, 0.25) is 10.0 Å². The normalized spacial score (nSPS) is 25.2. The number of sulfonamides is 1. The summed E-state index contributed by atoms with van der Waals surface area (Å²) >= 11 is 0. The van der Waals surface area contributed by atoms with Crippen molar-refractivity contribution in [2.45, 2.75) is 30.4 Å². The first-order chi connectivity index (χ1) is 9.44. The van der Waals surface area contributed by atoms with Crippen LogP contribution < -0.4 is 0 Å². The second-order valence-corrected chi connectivity index (χ2v) is 7.54. The van der Waals surface area contributed by atoms with E-state index in [9.17, 15) is 23.1 Å². The van der Waals surface area contributed by atoms with Crippen LogP contribution in [0.1, 0.15) is 25.7 Å². The van der Waals surface area contributed by atoms with Crippen molar-refractivity contribution in [2.24, 2.45) is 5.92 Å². The standard InChI is InChI=1S/C12H19NO6S/c14-9-10-1-5-13(6-2-10)20(17,18)12(11(15)16)3-7-19-8-4-12/h9-10H,1-8H2,(H,15,16). The van der Waals surface area contributed by atoms with E-state index >= 15 is 0 Å². The van der Waals surface area contributed by atoms with Gasteiger partial charge in [-0.2, -0.15) is 0 Å². The summed E-state index contributed by atoms with van der Waals surface area (Å²) in [5.41, 5.74) is 0. The van der Waals surface area contributed by atoms with E-state index in [2.05, 4.69) is 0 Å². The van der Waals surface area contributed by atoms with E-state index < -0.39 is 20.7 Å². The van der Waals surface area contributed by atoms with Crippen LogP contribution >= 0.6 is 0 Å². The number of ether oxygens (including phenoxy) is 1. The fraction of sp³-hybridized carbons (Fsp3) is 0.833. The third-order valence-electron chi connectivity index (χ3n) is 4.21. The summed E-state index contributed by atoms with van der Waals surface area (Å²) in [6, 6.07) is 0. The highest BCUT2D eigenvalue weighted by molar-refractivity contribution is 7.91. The van der Waals surface area contributed by atoms with Crippen molar-refractivity contribution in [3.63, 3.8) is 0 Å². The zero-order valence-electron chi connectivity index (χ0n) is 11.2. The first kappa shape index (κ1) is 15.4. The van der Waals surface area contributed by atoms with E-state index in [1.807, 2.05) is 0 Å². The van der Waals surface area contributed by atoms with Gasteiger partial charge in [0.15, 0.2) is 4.75 Å². The summed E-state index contributed by atoms with van der Waals surface area (Å²) in [6.07, 6.45) is 1.69. The van der Waals surface area contributed by atoms with Gasteiger partial charge in [0.25, 0.3) is 0 Å². The molecule has 2 rings (SSSR count). The van der Waals surface area contributed by atoms with Gasteiger partial charge in [-0.25, -0.2) is 12.7 Å². The van der Waals surface area contributed by atoms with Crippen LogP contribution in [0, 0.1) is 5.92 Å². The van der Waals surface area contributed by atoms with Crippen molar-refractivity contribution in [3.05, 3.63) is 0 Å². The minimum absolute atomic E-state index is 0.0295. The van der Waals surface area contributed by atoms with E-state index in [0.29, 0.717) is 12.8 Å². The average molecular weight is 305 g/mol. The van der Waals surface area contributed by atoms with Crippen molar-refractivity contribution in [1.82, 2.24) is 4.31 Å². The van der Waals surface area contributed by atoms with Crippen molar-refractivity contribution < 1.29 is 27.9 Å². The molecule has 0 bridgehead atoms. The lowest BCUT2D eigenvalue weighted by atomic mass is 9.99. The van der Waals surface area contributed by atoms with E-state index in [-0.39, 0.29) is 45.1 Å². The summed E-state index contributed by atoms with van der Waals surface area (Å²) in [4.78, 5) is 22.3. The van der Waals surface area contributed by atoms with Crippen molar-refractivity contribution in [2.75, 3.05) is 26.3 Å². The predicted molar refractivity (Wildman–Crippen MR) is 69.7 cm³/mol. The molecule has 2 fully saturated rings. The van der Waals surface area contributed by atoms with Crippen LogP contribution in [-0.2, 0) is 24.3 Å². The summed E-state index contributed by atoms with van der Waals surface area (Å²) in [6.45, 7) is 0.690. The number of carboxylic acids is 1. The number of aldehydes is 1. The van der Waals surface area contributed by atoms with E-state index in [1.54, 1.807) is 0 Å². The van der Waals surface area contributed by atoms with Crippen LogP contribution in [0.3, 0.4) is 0 Å². The minimum Gasteiger partial charge on any atom is -0.480 e. The number of piperidine rings is 1. The maximum atomic E-state index is 12.7. The highest BCUT2D eigenvalue weighted by atomic mass is 32.2. The van der Waals surface area contributed by atoms with Gasteiger partial charge in [-0.05, 0) is 12.8 Å². The maximum Gasteiger partial charge on any atom is 0.326 e. The quantitative estimate of drug-likeness (QED) is 0.726. The highest BCUT2D eigenvalue weighted by Crippen LogP contribution is 2.34. The van der Waals surface area contributed by atoms with Crippen LogP contribution in [0.25, 0.3) is 0 Å². The molecule has 7 nitrogen and oxygen atoms in total. The molecule has 0 saturated carbocycles. The van der Waals surface area contributed by atoms with Gasteiger partial charge in [0, 0.05) is 45.1 Å². The molecule has 8 heteroatoms. The second kappa shape index (κ2) is 5.79. The Hall–Kier alpha value is -0.990. The molecule has 1 N–H and O–H groups in total. The Balaban J connectivity index is 2.23. The monoisotopic (exact) mass is 305 g/mol. The molecule has 0 radical (unpaired) electrons. The van der Waals surface area contributed by atoms with Crippen LogP contribution in [-0.4, -0.2) is 61.1 Å². The van der Waals surface area contributed by atoms with Gasteiger partial charge in [-0.15, -0.1) is 0 Å². The van der Waals surface area contributed by atoms with Gasteiger partial charge in [-0.1, -0.05) is 0 Å². The molecule has 0 spiro atoms. The lowest BCUT2D eigenvalue weighted by Gasteiger charge is -2.39. The molecule has 0 aromatic heterocycles. The molecule has 114 valence electrons. The molecule has 2 aliphatic rings. The number of aliphatic carboxylic acids is 1. The molecule has 0 aliphatic carbocycles. The Morgan fingerprint density at radius 1 is 1.25 bits per heavy atom. The first-order valence-corrected chi connectivity index (χ1v) is 8.14. The molecule has 20 heavy (non-hydrogen) atoms. The molecular formula is C12H19NO6S. The highest BCUT2D eigenvalue weighted by Gasteiger charge is 2.54. The summed E-state index contributed by atoms with van der Waals surface area (Å²) in [5.74, 6) is -1.43. The molecule has 2 aliphatic heterocycles. The van der Waals surface area contributed by atoms with Gasteiger partial charge >= 0.3 is 5.97 Å².